The number of carbonyl (C=O) groups is 1. The van der Waals surface area contributed by atoms with E-state index in [2.05, 4.69) is 44.4 Å². The number of aromatic nitrogens is 1. The molecule has 0 atom stereocenters. The van der Waals surface area contributed by atoms with Gasteiger partial charge in [-0.05, 0) is 5.56 Å². The summed E-state index contributed by atoms with van der Waals surface area (Å²) in [6, 6.07) is 14.2. The summed E-state index contributed by atoms with van der Waals surface area (Å²) in [5.41, 5.74) is 2.11. The number of carbonyl (C=O) groups excluding carboxylic acids is 1. The van der Waals surface area contributed by atoms with Crippen LogP contribution in [-0.4, -0.2) is 67.6 Å². The van der Waals surface area contributed by atoms with Crippen LogP contribution >= 0.6 is 11.3 Å². The lowest BCUT2D eigenvalue weighted by molar-refractivity contribution is -0.117. The lowest BCUT2D eigenvalue weighted by atomic mass is 10.2. The predicted octanol–water partition coefficient (Wildman–Crippen LogP) is 3.07. The summed E-state index contributed by atoms with van der Waals surface area (Å²) in [6.07, 6.45) is 0. The molecule has 1 amide bonds. The van der Waals surface area contributed by atoms with Crippen molar-refractivity contribution in [3.8, 4) is 11.5 Å². The summed E-state index contributed by atoms with van der Waals surface area (Å²) < 4.78 is 11.6. The molecule has 1 aliphatic heterocycles. The van der Waals surface area contributed by atoms with Gasteiger partial charge in [-0.3, -0.25) is 14.6 Å². The second-order valence-corrected chi connectivity index (χ2v) is 8.31. The molecule has 1 fully saturated rings. The van der Waals surface area contributed by atoms with Gasteiger partial charge in [0.15, 0.2) is 16.6 Å². The molecule has 0 saturated carbocycles. The number of ether oxygens (including phenoxy) is 2. The largest absolute Gasteiger partial charge is 0.493 e. The van der Waals surface area contributed by atoms with Gasteiger partial charge < -0.3 is 14.8 Å². The van der Waals surface area contributed by atoms with Crippen molar-refractivity contribution in [3.63, 3.8) is 0 Å². The van der Waals surface area contributed by atoms with Crippen molar-refractivity contribution in [2.24, 2.45) is 0 Å². The first-order chi connectivity index (χ1) is 14.6. The Kier molecular flexibility index (Phi) is 6.47. The Morgan fingerprint density at radius 2 is 1.70 bits per heavy atom. The van der Waals surface area contributed by atoms with Crippen molar-refractivity contribution in [2.45, 2.75) is 6.54 Å². The summed E-state index contributed by atoms with van der Waals surface area (Å²) in [7, 11) is 3.20. The third-order valence-electron chi connectivity index (χ3n) is 5.22. The molecule has 1 saturated heterocycles. The second kappa shape index (κ2) is 9.42. The molecule has 0 unspecified atom stereocenters. The highest BCUT2D eigenvalue weighted by atomic mass is 32.1. The molecule has 1 aliphatic rings. The Morgan fingerprint density at radius 3 is 2.40 bits per heavy atom. The fourth-order valence-electron chi connectivity index (χ4n) is 3.62. The molecule has 4 rings (SSSR count). The van der Waals surface area contributed by atoms with Gasteiger partial charge in [-0.15, -0.1) is 0 Å². The molecule has 0 bridgehead atoms. The SMILES string of the molecule is COc1cc2nc(NC(=O)CN3CCN(Cc4ccccc4)CC3)sc2cc1OC. The lowest BCUT2D eigenvalue weighted by Gasteiger charge is -2.34. The molecule has 2 aromatic carbocycles. The minimum Gasteiger partial charge on any atom is -0.493 e. The number of hydrogen-bond acceptors (Lipinski definition) is 7. The fourth-order valence-corrected chi connectivity index (χ4v) is 4.51. The van der Waals surface area contributed by atoms with Crippen molar-refractivity contribution in [3.05, 3.63) is 48.0 Å². The van der Waals surface area contributed by atoms with Gasteiger partial charge in [0.25, 0.3) is 0 Å². The summed E-state index contributed by atoms with van der Waals surface area (Å²) >= 11 is 1.43. The van der Waals surface area contributed by atoms with Gasteiger partial charge in [0, 0.05) is 44.9 Å². The highest BCUT2D eigenvalue weighted by molar-refractivity contribution is 7.22. The van der Waals surface area contributed by atoms with Gasteiger partial charge in [0.1, 0.15) is 0 Å². The number of hydrogen-bond donors (Lipinski definition) is 1. The van der Waals surface area contributed by atoms with Crippen LogP contribution < -0.4 is 14.8 Å². The zero-order valence-electron chi connectivity index (χ0n) is 17.3. The molecule has 1 N–H and O–H groups in total. The van der Waals surface area contributed by atoms with Gasteiger partial charge >= 0.3 is 0 Å². The van der Waals surface area contributed by atoms with E-state index in [4.69, 9.17) is 9.47 Å². The maximum Gasteiger partial charge on any atom is 0.240 e. The number of methoxy groups -OCH3 is 2. The fraction of sp³-hybridized carbons (Fsp3) is 0.364. The van der Waals surface area contributed by atoms with Crippen molar-refractivity contribution in [1.82, 2.24) is 14.8 Å². The Morgan fingerprint density at radius 1 is 1.03 bits per heavy atom. The van der Waals surface area contributed by atoms with E-state index in [-0.39, 0.29) is 5.91 Å². The van der Waals surface area contributed by atoms with Gasteiger partial charge in [0.2, 0.25) is 5.91 Å². The summed E-state index contributed by atoms with van der Waals surface area (Å²) in [5.74, 6) is 1.24. The second-order valence-electron chi connectivity index (χ2n) is 7.28. The molecular formula is C22H26N4O3S. The van der Waals surface area contributed by atoms with Crippen LogP contribution in [-0.2, 0) is 11.3 Å². The van der Waals surface area contributed by atoms with E-state index in [9.17, 15) is 4.79 Å². The van der Waals surface area contributed by atoms with Crippen LogP contribution in [0.3, 0.4) is 0 Å². The van der Waals surface area contributed by atoms with Crippen LogP contribution in [0.2, 0.25) is 0 Å². The Balaban J connectivity index is 1.30. The number of amides is 1. The molecule has 3 aromatic rings. The maximum atomic E-state index is 12.5. The number of rotatable bonds is 7. The average Bonchev–Trinajstić information content (AvgIpc) is 3.15. The normalized spacial score (nSPS) is 15.3. The zero-order chi connectivity index (χ0) is 20.9. The smallest absolute Gasteiger partial charge is 0.240 e. The number of piperazine rings is 1. The molecule has 0 aliphatic carbocycles. The van der Waals surface area contributed by atoms with E-state index >= 15 is 0 Å². The van der Waals surface area contributed by atoms with Gasteiger partial charge in [-0.25, -0.2) is 4.98 Å². The van der Waals surface area contributed by atoms with E-state index in [1.54, 1.807) is 14.2 Å². The maximum absolute atomic E-state index is 12.5. The molecule has 8 heteroatoms. The molecule has 1 aromatic heterocycles. The number of fused-ring (bicyclic) bond motifs is 1. The topological polar surface area (TPSA) is 66.9 Å². The molecule has 2 heterocycles. The minimum absolute atomic E-state index is 0.0375. The van der Waals surface area contributed by atoms with Crippen LogP contribution in [0.25, 0.3) is 10.2 Å². The molecule has 0 spiro atoms. The van der Waals surface area contributed by atoms with Crippen LogP contribution in [0.4, 0.5) is 5.13 Å². The number of thiazole rings is 1. The number of nitrogens with zero attached hydrogens (tertiary/aromatic N) is 3. The zero-order valence-corrected chi connectivity index (χ0v) is 18.1. The van der Waals surface area contributed by atoms with Crippen molar-refractivity contribution >= 4 is 32.6 Å². The average molecular weight is 427 g/mol. The van der Waals surface area contributed by atoms with Gasteiger partial charge in [-0.1, -0.05) is 41.7 Å². The van der Waals surface area contributed by atoms with Crippen molar-refractivity contribution < 1.29 is 14.3 Å². The molecule has 158 valence electrons. The Hall–Kier alpha value is -2.68. The Labute approximate surface area is 180 Å². The minimum atomic E-state index is -0.0375. The monoisotopic (exact) mass is 426 g/mol. The van der Waals surface area contributed by atoms with Gasteiger partial charge in [0.05, 0.1) is 31.0 Å². The summed E-state index contributed by atoms with van der Waals surface area (Å²) in [5, 5.41) is 3.53. The first-order valence-corrected chi connectivity index (χ1v) is 10.8. The molecular weight excluding hydrogens is 400 g/mol. The quantitative estimate of drug-likeness (QED) is 0.626. The van der Waals surface area contributed by atoms with Crippen LogP contribution in [0.1, 0.15) is 5.56 Å². The van der Waals surface area contributed by atoms with Crippen molar-refractivity contribution in [1.29, 1.82) is 0 Å². The van der Waals surface area contributed by atoms with E-state index in [0.717, 1.165) is 42.9 Å². The van der Waals surface area contributed by atoms with E-state index in [1.165, 1.54) is 16.9 Å². The van der Waals surface area contributed by atoms with Crippen LogP contribution in [0.5, 0.6) is 11.5 Å². The number of nitrogens with one attached hydrogen (secondary N) is 1. The molecule has 30 heavy (non-hydrogen) atoms. The number of anilines is 1. The third-order valence-corrected chi connectivity index (χ3v) is 6.15. The molecule has 0 radical (unpaired) electrons. The Bertz CT molecular complexity index is 959. The third kappa shape index (κ3) is 4.89. The van der Waals surface area contributed by atoms with E-state index in [0.29, 0.717) is 23.2 Å². The summed E-state index contributed by atoms with van der Waals surface area (Å²) in [6.45, 7) is 5.02. The van der Waals surface area contributed by atoms with Crippen LogP contribution in [0, 0.1) is 0 Å². The van der Waals surface area contributed by atoms with E-state index in [1.807, 2.05) is 18.2 Å². The lowest BCUT2D eigenvalue weighted by Crippen LogP contribution is -2.48. The molecule has 7 nitrogen and oxygen atoms in total. The van der Waals surface area contributed by atoms with Gasteiger partial charge in [-0.2, -0.15) is 0 Å². The first kappa shape index (κ1) is 20.6. The van der Waals surface area contributed by atoms with Crippen molar-refractivity contribution in [2.75, 3.05) is 52.3 Å². The summed E-state index contributed by atoms with van der Waals surface area (Å²) in [4.78, 5) is 21.7. The highest BCUT2D eigenvalue weighted by Gasteiger charge is 2.20. The first-order valence-electron chi connectivity index (χ1n) is 9.95. The standard InChI is InChI=1S/C22H26N4O3S/c1-28-18-12-17-20(13-19(18)29-2)30-22(23-17)24-21(27)15-26-10-8-25(9-11-26)14-16-6-4-3-5-7-16/h3-7,12-13H,8-11,14-15H2,1-2H3,(H,23,24,27). The predicted molar refractivity (Wildman–Crippen MR) is 120 cm³/mol. The highest BCUT2D eigenvalue weighted by Crippen LogP contribution is 2.36. The van der Waals surface area contributed by atoms with E-state index < -0.39 is 0 Å². The van der Waals surface area contributed by atoms with Crippen LogP contribution in [0.15, 0.2) is 42.5 Å². The number of benzene rings is 2.